The minimum absolute atomic E-state index is 0.0777. The molecule has 0 aromatic heterocycles. The molecule has 0 spiro atoms. The highest BCUT2D eigenvalue weighted by Gasteiger charge is 2.18. The van der Waals surface area contributed by atoms with Crippen molar-refractivity contribution in [2.45, 2.75) is 20.1 Å². The van der Waals surface area contributed by atoms with E-state index in [1.807, 2.05) is 0 Å². The third kappa shape index (κ3) is 4.50. The van der Waals surface area contributed by atoms with Gasteiger partial charge in [-0.1, -0.05) is 6.07 Å². The van der Waals surface area contributed by atoms with Gasteiger partial charge in [-0.2, -0.15) is 0 Å². The van der Waals surface area contributed by atoms with E-state index in [4.69, 9.17) is 9.47 Å². The standard InChI is InChI=1S/C13H18FNO4/c1-3-18-11(19-4-2)8-15-13(17)12-9(14)6-5-7-10(12)16/h5-7,11,16H,3-4,8H2,1-2H3,(H,15,17). The maximum Gasteiger partial charge on any atom is 0.258 e. The Hall–Kier alpha value is -1.66. The van der Waals surface area contributed by atoms with Gasteiger partial charge in [0.2, 0.25) is 0 Å². The van der Waals surface area contributed by atoms with E-state index in [9.17, 15) is 14.3 Å². The Balaban J connectivity index is 2.64. The van der Waals surface area contributed by atoms with Crippen LogP contribution in [-0.2, 0) is 9.47 Å². The molecule has 0 unspecified atom stereocenters. The van der Waals surface area contributed by atoms with E-state index in [0.717, 1.165) is 6.07 Å². The van der Waals surface area contributed by atoms with Crippen molar-refractivity contribution in [3.8, 4) is 5.75 Å². The fourth-order valence-electron chi connectivity index (χ4n) is 1.54. The lowest BCUT2D eigenvalue weighted by molar-refractivity contribution is -0.131. The molecule has 1 aromatic rings. The van der Waals surface area contributed by atoms with Crippen molar-refractivity contribution in [3.05, 3.63) is 29.6 Å². The van der Waals surface area contributed by atoms with Gasteiger partial charge in [-0.05, 0) is 26.0 Å². The number of hydrogen-bond donors (Lipinski definition) is 2. The minimum Gasteiger partial charge on any atom is -0.507 e. The summed E-state index contributed by atoms with van der Waals surface area (Å²) < 4.78 is 23.9. The molecular formula is C13H18FNO4. The van der Waals surface area contributed by atoms with E-state index in [2.05, 4.69) is 5.32 Å². The van der Waals surface area contributed by atoms with Crippen LogP contribution in [0.4, 0.5) is 4.39 Å². The molecule has 0 saturated carbocycles. The van der Waals surface area contributed by atoms with Gasteiger partial charge in [0.15, 0.2) is 6.29 Å². The molecule has 106 valence electrons. The average molecular weight is 271 g/mol. The Morgan fingerprint density at radius 1 is 1.37 bits per heavy atom. The van der Waals surface area contributed by atoms with Crippen LogP contribution >= 0.6 is 0 Å². The van der Waals surface area contributed by atoms with Crippen LogP contribution in [0.3, 0.4) is 0 Å². The molecule has 6 heteroatoms. The number of benzene rings is 1. The first-order valence-electron chi connectivity index (χ1n) is 6.09. The van der Waals surface area contributed by atoms with E-state index in [-0.39, 0.29) is 12.1 Å². The zero-order valence-corrected chi connectivity index (χ0v) is 11.0. The topological polar surface area (TPSA) is 67.8 Å². The van der Waals surface area contributed by atoms with Crippen LogP contribution in [0.25, 0.3) is 0 Å². The third-order valence-electron chi connectivity index (χ3n) is 2.35. The lowest BCUT2D eigenvalue weighted by Crippen LogP contribution is -2.35. The van der Waals surface area contributed by atoms with E-state index in [0.29, 0.717) is 13.2 Å². The number of amides is 1. The van der Waals surface area contributed by atoms with Crippen LogP contribution in [0.15, 0.2) is 18.2 Å². The molecule has 0 atom stereocenters. The predicted molar refractivity (Wildman–Crippen MR) is 67.4 cm³/mol. The molecule has 19 heavy (non-hydrogen) atoms. The Kier molecular flexibility index (Phi) is 6.24. The summed E-state index contributed by atoms with van der Waals surface area (Å²) in [5.41, 5.74) is -0.380. The number of nitrogens with one attached hydrogen (secondary N) is 1. The van der Waals surface area contributed by atoms with Crippen molar-refractivity contribution in [1.82, 2.24) is 5.32 Å². The number of phenolic OH excluding ortho intramolecular Hbond substituents is 1. The van der Waals surface area contributed by atoms with Gasteiger partial charge < -0.3 is 19.9 Å². The van der Waals surface area contributed by atoms with Crippen LogP contribution in [0, 0.1) is 5.82 Å². The predicted octanol–water partition coefficient (Wildman–Crippen LogP) is 1.66. The largest absolute Gasteiger partial charge is 0.507 e. The van der Waals surface area contributed by atoms with Gasteiger partial charge in [-0.25, -0.2) is 4.39 Å². The van der Waals surface area contributed by atoms with Gasteiger partial charge in [-0.3, -0.25) is 4.79 Å². The Labute approximate surface area is 111 Å². The Bertz CT molecular complexity index is 399. The monoisotopic (exact) mass is 271 g/mol. The summed E-state index contributed by atoms with van der Waals surface area (Å²) in [6.07, 6.45) is -0.590. The molecule has 0 saturated heterocycles. The zero-order chi connectivity index (χ0) is 14.3. The summed E-state index contributed by atoms with van der Waals surface area (Å²) in [7, 11) is 0. The molecule has 0 fully saturated rings. The molecule has 0 aliphatic rings. The fraction of sp³-hybridized carbons (Fsp3) is 0.462. The molecule has 2 N–H and O–H groups in total. The summed E-state index contributed by atoms with van der Waals surface area (Å²) in [4.78, 5) is 11.8. The van der Waals surface area contributed by atoms with Crippen LogP contribution in [0.1, 0.15) is 24.2 Å². The van der Waals surface area contributed by atoms with Crippen LogP contribution in [-0.4, -0.2) is 37.1 Å². The smallest absolute Gasteiger partial charge is 0.258 e. The van der Waals surface area contributed by atoms with Gasteiger partial charge in [0, 0.05) is 13.2 Å². The molecule has 1 rings (SSSR count). The lowest BCUT2D eigenvalue weighted by Gasteiger charge is -2.17. The number of carbonyl (C=O) groups is 1. The third-order valence-corrected chi connectivity index (χ3v) is 2.35. The molecule has 1 amide bonds. The van der Waals surface area contributed by atoms with Gasteiger partial charge in [0.1, 0.15) is 17.1 Å². The molecule has 0 radical (unpaired) electrons. The molecular weight excluding hydrogens is 253 g/mol. The van der Waals surface area contributed by atoms with Crippen molar-refractivity contribution in [3.63, 3.8) is 0 Å². The highest BCUT2D eigenvalue weighted by atomic mass is 19.1. The number of phenols is 1. The highest BCUT2D eigenvalue weighted by Crippen LogP contribution is 2.19. The van der Waals surface area contributed by atoms with E-state index in [1.54, 1.807) is 13.8 Å². The zero-order valence-electron chi connectivity index (χ0n) is 11.0. The van der Waals surface area contributed by atoms with E-state index >= 15 is 0 Å². The second-order valence-corrected chi connectivity index (χ2v) is 3.68. The Morgan fingerprint density at radius 2 is 2.00 bits per heavy atom. The van der Waals surface area contributed by atoms with Crippen molar-refractivity contribution in [2.75, 3.05) is 19.8 Å². The second-order valence-electron chi connectivity index (χ2n) is 3.68. The second kappa shape index (κ2) is 7.70. The lowest BCUT2D eigenvalue weighted by atomic mass is 10.1. The first-order valence-corrected chi connectivity index (χ1v) is 6.09. The van der Waals surface area contributed by atoms with E-state index in [1.165, 1.54) is 12.1 Å². The number of ether oxygens (including phenoxy) is 2. The summed E-state index contributed by atoms with van der Waals surface area (Å²) in [5.74, 6) is -1.89. The molecule has 0 aliphatic heterocycles. The maximum atomic E-state index is 13.4. The van der Waals surface area contributed by atoms with Crippen molar-refractivity contribution in [1.29, 1.82) is 0 Å². The number of aromatic hydroxyl groups is 1. The van der Waals surface area contributed by atoms with Crippen molar-refractivity contribution in [2.24, 2.45) is 0 Å². The summed E-state index contributed by atoms with van der Waals surface area (Å²) in [5, 5.41) is 11.9. The van der Waals surface area contributed by atoms with Gasteiger partial charge in [0.25, 0.3) is 5.91 Å². The van der Waals surface area contributed by atoms with Gasteiger partial charge in [0.05, 0.1) is 6.54 Å². The van der Waals surface area contributed by atoms with Crippen LogP contribution in [0.5, 0.6) is 5.75 Å². The first kappa shape index (κ1) is 15.4. The minimum atomic E-state index is -0.776. The normalized spacial score (nSPS) is 10.7. The molecule has 5 nitrogen and oxygen atoms in total. The van der Waals surface area contributed by atoms with Crippen LogP contribution in [0.2, 0.25) is 0 Å². The summed E-state index contributed by atoms with van der Waals surface area (Å²) >= 11 is 0. The summed E-state index contributed by atoms with van der Waals surface area (Å²) in [6.45, 7) is 4.55. The number of rotatable bonds is 7. The maximum absolute atomic E-state index is 13.4. The number of carbonyl (C=O) groups excluding carboxylic acids is 1. The molecule has 0 bridgehead atoms. The number of hydrogen-bond acceptors (Lipinski definition) is 4. The average Bonchev–Trinajstić information content (AvgIpc) is 2.36. The van der Waals surface area contributed by atoms with E-state index < -0.39 is 23.8 Å². The number of halogens is 1. The summed E-state index contributed by atoms with van der Waals surface area (Å²) in [6, 6.07) is 3.68. The van der Waals surface area contributed by atoms with Crippen LogP contribution < -0.4 is 5.32 Å². The molecule has 1 aromatic carbocycles. The van der Waals surface area contributed by atoms with Gasteiger partial charge >= 0.3 is 0 Å². The first-order chi connectivity index (χ1) is 9.10. The van der Waals surface area contributed by atoms with Crippen molar-refractivity contribution < 1.29 is 23.8 Å². The molecule has 0 aliphatic carbocycles. The molecule has 0 heterocycles. The highest BCUT2D eigenvalue weighted by molar-refractivity contribution is 5.97. The van der Waals surface area contributed by atoms with Gasteiger partial charge in [-0.15, -0.1) is 0 Å². The van der Waals surface area contributed by atoms with Crippen molar-refractivity contribution >= 4 is 5.91 Å². The quantitative estimate of drug-likeness (QED) is 0.740. The SMILES string of the molecule is CCOC(CNC(=O)c1c(O)cccc1F)OCC. The Morgan fingerprint density at radius 3 is 2.53 bits per heavy atom. The fourth-order valence-corrected chi connectivity index (χ4v) is 1.54.